The molecular formula is C21H26N2O5S. The second-order valence-electron chi connectivity index (χ2n) is 6.95. The smallest absolute Gasteiger partial charge is 0.260 e. The maximum absolute atomic E-state index is 12.8. The minimum Gasteiger partial charge on any atom is -0.497 e. The fraction of sp³-hybridized carbons (Fsp3) is 0.381. The Bertz CT molecular complexity index is 965. The predicted octanol–water partition coefficient (Wildman–Crippen LogP) is 2.22. The first kappa shape index (κ1) is 21.1. The zero-order valence-electron chi connectivity index (χ0n) is 16.9. The van der Waals surface area contributed by atoms with Crippen LogP contribution in [-0.2, 0) is 14.8 Å². The molecule has 8 heteroatoms. The van der Waals surface area contributed by atoms with Crippen molar-refractivity contribution >= 4 is 15.9 Å². The zero-order chi connectivity index (χ0) is 21.0. The van der Waals surface area contributed by atoms with E-state index in [-0.39, 0.29) is 30.5 Å². The summed E-state index contributed by atoms with van der Waals surface area (Å²) < 4.78 is 37.8. The first-order chi connectivity index (χ1) is 13.8. The van der Waals surface area contributed by atoms with Crippen LogP contribution in [0.15, 0.2) is 47.4 Å². The highest BCUT2D eigenvalue weighted by atomic mass is 32.2. The summed E-state index contributed by atoms with van der Waals surface area (Å²) in [6.07, 6.45) is 0. The van der Waals surface area contributed by atoms with Crippen LogP contribution in [0, 0.1) is 13.8 Å². The lowest BCUT2D eigenvalue weighted by atomic mass is 10.1. The molecule has 29 heavy (non-hydrogen) atoms. The Morgan fingerprint density at radius 2 is 1.66 bits per heavy atom. The van der Waals surface area contributed by atoms with E-state index < -0.39 is 10.0 Å². The van der Waals surface area contributed by atoms with Gasteiger partial charge in [-0.25, -0.2) is 8.42 Å². The molecule has 1 saturated heterocycles. The first-order valence-electron chi connectivity index (χ1n) is 9.44. The van der Waals surface area contributed by atoms with Crippen molar-refractivity contribution in [2.45, 2.75) is 18.7 Å². The van der Waals surface area contributed by atoms with Crippen molar-refractivity contribution in [2.75, 3.05) is 39.9 Å². The van der Waals surface area contributed by atoms with Gasteiger partial charge in [0.15, 0.2) is 6.61 Å². The van der Waals surface area contributed by atoms with E-state index in [2.05, 4.69) is 0 Å². The van der Waals surface area contributed by atoms with Gasteiger partial charge in [0.1, 0.15) is 11.5 Å². The van der Waals surface area contributed by atoms with Crippen molar-refractivity contribution in [1.82, 2.24) is 9.21 Å². The van der Waals surface area contributed by atoms with E-state index in [9.17, 15) is 13.2 Å². The number of hydrogen-bond acceptors (Lipinski definition) is 5. The maximum atomic E-state index is 12.8. The third-order valence-corrected chi connectivity index (χ3v) is 7.11. The van der Waals surface area contributed by atoms with Gasteiger partial charge >= 0.3 is 0 Å². The number of rotatable bonds is 6. The molecule has 2 aromatic rings. The molecule has 156 valence electrons. The minimum absolute atomic E-state index is 0.0600. The molecule has 0 unspecified atom stereocenters. The number of benzene rings is 2. The van der Waals surface area contributed by atoms with Gasteiger partial charge in [-0.05, 0) is 55.3 Å². The molecule has 2 aromatic carbocycles. The van der Waals surface area contributed by atoms with Crippen molar-refractivity contribution < 1.29 is 22.7 Å². The molecule has 0 radical (unpaired) electrons. The number of amides is 1. The largest absolute Gasteiger partial charge is 0.497 e. The van der Waals surface area contributed by atoms with Crippen LogP contribution < -0.4 is 9.47 Å². The molecule has 1 amide bonds. The fourth-order valence-corrected chi connectivity index (χ4v) is 4.61. The number of hydrogen-bond donors (Lipinski definition) is 0. The van der Waals surface area contributed by atoms with E-state index >= 15 is 0 Å². The van der Waals surface area contributed by atoms with E-state index in [0.29, 0.717) is 24.6 Å². The van der Waals surface area contributed by atoms with Crippen molar-refractivity contribution in [3.8, 4) is 11.5 Å². The van der Waals surface area contributed by atoms with Gasteiger partial charge in [-0.3, -0.25) is 4.79 Å². The summed E-state index contributed by atoms with van der Waals surface area (Å²) in [6, 6.07) is 12.0. The molecule has 1 fully saturated rings. The van der Waals surface area contributed by atoms with Gasteiger partial charge in [-0.1, -0.05) is 12.1 Å². The van der Waals surface area contributed by atoms with E-state index in [1.807, 2.05) is 32.0 Å². The molecule has 0 spiro atoms. The summed E-state index contributed by atoms with van der Waals surface area (Å²) in [5.74, 6) is 1.15. The van der Waals surface area contributed by atoms with E-state index in [1.54, 1.807) is 17.0 Å². The Kier molecular flexibility index (Phi) is 6.44. The average Bonchev–Trinajstić information content (AvgIpc) is 2.74. The number of ether oxygens (including phenoxy) is 2. The van der Waals surface area contributed by atoms with Crippen LogP contribution in [0.2, 0.25) is 0 Å². The Balaban J connectivity index is 1.56. The topological polar surface area (TPSA) is 76.2 Å². The van der Waals surface area contributed by atoms with Gasteiger partial charge in [0.2, 0.25) is 10.0 Å². The van der Waals surface area contributed by atoms with Crippen molar-refractivity contribution in [3.63, 3.8) is 0 Å². The van der Waals surface area contributed by atoms with Crippen LogP contribution >= 0.6 is 0 Å². The molecule has 7 nitrogen and oxygen atoms in total. The third-order valence-electron chi connectivity index (χ3n) is 5.19. The molecule has 0 bridgehead atoms. The minimum atomic E-state index is -3.59. The van der Waals surface area contributed by atoms with E-state index in [0.717, 1.165) is 11.1 Å². The second kappa shape index (κ2) is 8.84. The van der Waals surface area contributed by atoms with Gasteiger partial charge in [0, 0.05) is 26.2 Å². The highest BCUT2D eigenvalue weighted by Crippen LogP contribution is 2.22. The molecule has 3 rings (SSSR count). The Labute approximate surface area is 171 Å². The number of piperazine rings is 1. The highest BCUT2D eigenvalue weighted by Gasteiger charge is 2.30. The Morgan fingerprint density at radius 1 is 1.00 bits per heavy atom. The molecule has 0 N–H and O–H groups in total. The van der Waals surface area contributed by atoms with Crippen molar-refractivity contribution in [1.29, 1.82) is 0 Å². The Hall–Kier alpha value is -2.58. The molecule has 0 aliphatic carbocycles. The Morgan fingerprint density at radius 3 is 2.28 bits per heavy atom. The number of sulfonamides is 1. The van der Waals surface area contributed by atoms with Gasteiger partial charge in [-0.2, -0.15) is 4.31 Å². The molecule has 1 heterocycles. The number of aryl methyl sites for hydroxylation is 1. The predicted molar refractivity (Wildman–Crippen MR) is 110 cm³/mol. The molecular weight excluding hydrogens is 392 g/mol. The summed E-state index contributed by atoms with van der Waals surface area (Å²) in [4.78, 5) is 14.3. The standard InChI is InChI=1S/C21H26N2O5S/c1-16-5-4-6-20(17(16)2)28-15-21(24)22-11-13-23(14-12-22)29(25,26)19-9-7-18(27-3)8-10-19/h4-10H,11-15H2,1-3H3. The van der Waals surface area contributed by atoms with Gasteiger partial charge in [0.05, 0.1) is 12.0 Å². The summed E-state index contributed by atoms with van der Waals surface area (Å²) in [6.45, 7) is 5.07. The lowest BCUT2D eigenvalue weighted by Crippen LogP contribution is -2.51. The summed E-state index contributed by atoms with van der Waals surface area (Å²) >= 11 is 0. The lowest BCUT2D eigenvalue weighted by Gasteiger charge is -2.34. The second-order valence-corrected chi connectivity index (χ2v) is 8.89. The number of carbonyl (C=O) groups excluding carboxylic acids is 1. The maximum Gasteiger partial charge on any atom is 0.260 e. The fourth-order valence-electron chi connectivity index (χ4n) is 3.19. The van der Waals surface area contributed by atoms with Gasteiger partial charge < -0.3 is 14.4 Å². The van der Waals surface area contributed by atoms with Crippen LogP contribution in [0.5, 0.6) is 11.5 Å². The SMILES string of the molecule is COc1ccc(S(=O)(=O)N2CCN(C(=O)COc3cccc(C)c3C)CC2)cc1. The highest BCUT2D eigenvalue weighted by molar-refractivity contribution is 7.89. The number of methoxy groups -OCH3 is 1. The van der Waals surface area contributed by atoms with Crippen LogP contribution in [0.4, 0.5) is 0 Å². The molecule has 0 saturated carbocycles. The molecule has 0 aromatic heterocycles. The van der Waals surface area contributed by atoms with Crippen molar-refractivity contribution in [2.24, 2.45) is 0 Å². The zero-order valence-corrected chi connectivity index (χ0v) is 17.7. The van der Waals surface area contributed by atoms with Crippen LogP contribution in [0.25, 0.3) is 0 Å². The molecule has 1 aliphatic heterocycles. The number of nitrogens with zero attached hydrogens (tertiary/aromatic N) is 2. The molecule has 0 atom stereocenters. The summed E-state index contributed by atoms with van der Waals surface area (Å²) in [5.41, 5.74) is 2.11. The van der Waals surface area contributed by atoms with Gasteiger partial charge in [-0.15, -0.1) is 0 Å². The quantitative estimate of drug-likeness (QED) is 0.719. The summed E-state index contributed by atoms with van der Waals surface area (Å²) in [7, 11) is -2.06. The lowest BCUT2D eigenvalue weighted by molar-refractivity contribution is -0.134. The van der Waals surface area contributed by atoms with E-state index in [1.165, 1.54) is 23.5 Å². The van der Waals surface area contributed by atoms with E-state index in [4.69, 9.17) is 9.47 Å². The first-order valence-corrected chi connectivity index (χ1v) is 10.9. The van der Waals surface area contributed by atoms with Gasteiger partial charge in [0.25, 0.3) is 5.91 Å². The average molecular weight is 419 g/mol. The summed E-state index contributed by atoms with van der Waals surface area (Å²) in [5, 5.41) is 0. The van der Waals surface area contributed by atoms with Crippen molar-refractivity contribution in [3.05, 3.63) is 53.6 Å². The molecule has 1 aliphatic rings. The normalized spacial score (nSPS) is 15.2. The number of carbonyl (C=O) groups is 1. The van der Waals surface area contributed by atoms with Crippen LogP contribution in [0.3, 0.4) is 0 Å². The third kappa shape index (κ3) is 4.71. The monoisotopic (exact) mass is 418 g/mol. The van der Waals surface area contributed by atoms with Crippen LogP contribution in [-0.4, -0.2) is 63.4 Å². The van der Waals surface area contributed by atoms with Crippen LogP contribution in [0.1, 0.15) is 11.1 Å².